The Morgan fingerprint density at radius 2 is 2.12 bits per heavy atom. The number of H-pyrrole nitrogens is 1. The molecule has 2 aliphatic heterocycles. The predicted molar refractivity (Wildman–Crippen MR) is 126 cm³/mol. The molecule has 166 valence electrons. The quantitative estimate of drug-likeness (QED) is 0.457. The molecule has 1 atom stereocenters. The van der Waals surface area contributed by atoms with Crippen molar-refractivity contribution in [3.05, 3.63) is 59.5 Å². The largest absolute Gasteiger partial charge is 0.490 e. The Balaban J connectivity index is 1.56. The summed E-state index contributed by atoms with van der Waals surface area (Å²) in [6, 6.07) is 10.5. The molecule has 7 nitrogen and oxygen atoms in total. The number of carbonyl (C=O) groups excluding carboxylic acids is 1. The zero-order valence-electron chi connectivity index (χ0n) is 18.3. The van der Waals surface area contributed by atoms with Gasteiger partial charge in [0.2, 0.25) is 0 Å². The van der Waals surface area contributed by atoms with E-state index in [0.717, 1.165) is 54.1 Å². The number of rotatable bonds is 7. The first kappa shape index (κ1) is 20.6. The average Bonchev–Trinajstić information content (AvgIpc) is 3.47. The molecular weight excluding hydrogens is 402 g/mol. The third-order valence-corrected chi connectivity index (χ3v) is 6.28. The number of aryl methyl sites for hydroxylation is 1. The molecule has 5 rings (SSSR count). The maximum Gasteiger partial charge on any atom is 0.255 e. The third kappa shape index (κ3) is 3.96. The lowest BCUT2D eigenvalue weighted by molar-refractivity contribution is 0.0947. The Bertz CT molecular complexity index is 1120. The molecule has 0 aliphatic carbocycles. The lowest BCUT2D eigenvalue weighted by atomic mass is 10.0. The molecule has 0 unspecified atom stereocenters. The van der Waals surface area contributed by atoms with Gasteiger partial charge in [0.25, 0.3) is 5.91 Å². The van der Waals surface area contributed by atoms with Crippen LogP contribution in [-0.2, 0) is 12.8 Å². The monoisotopic (exact) mass is 431 g/mol. The summed E-state index contributed by atoms with van der Waals surface area (Å²) < 4.78 is 6.21. The standard InChI is InChI=1S/C25H29N5O2/c1-2-16-6-3-4-8-19(16)29-24-22-20(10-13-28-25(22)31)30-23(24)18-9-12-26-14-21(18)32-15-17-7-5-11-27-17/h3-4,6,8-9,12,14,17,27,29-30H,2,5,7,10-11,13,15H2,1H3,(H,28,31)/t17-/m0/s1. The minimum atomic E-state index is -0.0584. The number of amides is 1. The lowest BCUT2D eigenvalue weighted by Crippen LogP contribution is -2.31. The van der Waals surface area contributed by atoms with Crippen molar-refractivity contribution >= 4 is 17.3 Å². The van der Waals surface area contributed by atoms with Crippen molar-refractivity contribution in [3.63, 3.8) is 0 Å². The Morgan fingerprint density at radius 1 is 1.22 bits per heavy atom. The average molecular weight is 432 g/mol. The van der Waals surface area contributed by atoms with Gasteiger partial charge in [-0.3, -0.25) is 9.78 Å². The number of hydrogen-bond donors (Lipinski definition) is 4. The zero-order valence-corrected chi connectivity index (χ0v) is 18.3. The number of ether oxygens (including phenoxy) is 1. The van der Waals surface area contributed by atoms with Crippen LogP contribution >= 0.6 is 0 Å². The topological polar surface area (TPSA) is 91.1 Å². The number of aromatic amines is 1. The molecule has 4 N–H and O–H groups in total. The van der Waals surface area contributed by atoms with Gasteiger partial charge in [0.1, 0.15) is 12.4 Å². The van der Waals surface area contributed by atoms with Gasteiger partial charge in [-0.25, -0.2) is 0 Å². The summed E-state index contributed by atoms with van der Waals surface area (Å²) in [6.07, 6.45) is 7.48. The van der Waals surface area contributed by atoms with Gasteiger partial charge in [-0.15, -0.1) is 0 Å². The highest BCUT2D eigenvalue weighted by atomic mass is 16.5. The summed E-state index contributed by atoms with van der Waals surface area (Å²) >= 11 is 0. The number of nitrogens with one attached hydrogen (secondary N) is 4. The number of nitrogens with zero attached hydrogens (tertiary/aromatic N) is 1. The van der Waals surface area contributed by atoms with Gasteiger partial charge in [-0.05, 0) is 43.5 Å². The first-order valence-electron chi connectivity index (χ1n) is 11.4. The predicted octanol–water partition coefficient (Wildman–Crippen LogP) is 3.80. The van der Waals surface area contributed by atoms with Crippen LogP contribution in [-0.4, -0.2) is 41.6 Å². The SMILES string of the molecule is CCc1ccccc1Nc1c(-c2ccncc2OC[C@@H]2CCCN2)[nH]c2c1C(=O)NCC2. The Kier molecular flexibility index (Phi) is 5.81. The van der Waals surface area contributed by atoms with Crippen LogP contribution in [0.2, 0.25) is 0 Å². The highest BCUT2D eigenvalue weighted by Gasteiger charge is 2.28. The van der Waals surface area contributed by atoms with Gasteiger partial charge in [-0.1, -0.05) is 25.1 Å². The highest BCUT2D eigenvalue weighted by molar-refractivity contribution is 6.06. The molecule has 3 aromatic rings. The van der Waals surface area contributed by atoms with E-state index in [4.69, 9.17) is 4.74 Å². The van der Waals surface area contributed by atoms with Crippen molar-refractivity contribution < 1.29 is 9.53 Å². The number of pyridine rings is 1. The number of hydrogen-bond acceptors (Lipinski definition) is 5. The second-order valence-corrected chi connectivity index (χ2v) is 8.35. The Hall–Kier alpha value is -3.32. The van der Waals surface area contributed by atoms with E-state index < -0.39 is 0 Å². The first-order valence-corrected chi connectivity index (χ1v) is 11.4. The smallest absolute Gasteiger partial charge is 0.255 e. The van der Waals surface area contributed by atoms with Crippen LogP contribution in [0.4, 0.5) is 11.4 Å². The molecule has 0 spiro atoms. The van der Waals surface area contributed by atoms with Crippen LogP contribution in [0.25, 0.3) is 11.3 Å². The van der Waals surface area contributed by atoms with Gasteiger partial charge in [0.15, 0.2) is 0 Å². The van der Waals surface area contributed by atoms with E-state index in [9.17, 15) is 4.79 Å². The van der Waals surface area contributed by atoms with Crippen LogP contribution < -0.4 is 20.7 Å². The van der Waals surface area contributed by atoms with Crippen molar-refractivity contribution in [2.24, 2.45) is 0 Å². The van der Waals surface area contributed by atoms with E-state index in [-0.39, 0.29) is 5.91 Å². The van der Waals surface area contributed by atoms with Crippen molar-refractivity contribution in [2.75, 3.05) is 25.0 Å². The van der Waals surface area contributed by atoms with Crippen molar-refractivity contribution in [1.29, 1.82) is 0 Å². The third-order valence-electron chi connectivity index (χ3n) is 6.28. The summed E-state index contributed by atoms with van der Waals surface area (Å²) in [6.45, 7) is 4.40. The maximum atomic E-state index is 12.9. The molecule has 7 heteroatoms. The fraction of sp³-hybridized carbons (Fsp3) is 0.360. The molecule has 32 heavy (non-hydrogen) atoms. The summed E-state index contributed by atoms with van der Waals surface area (Å²) in [5.74, 6) is 0.656. The summed E-state index contributed by atoms with van der Waals surface area (Å²) in [4.78, 5) is 20.7. The molecule has 0 saturated carbocycles. The van der Waals surface area contributed by atoms with E-state index >= 15 is 0 Å². The number of benzene rings is 1. The molecular formula is C25H29N5O2. The first-order chi connectivity index (χ1) is 15.7. The summed E-state index contributed by atoms with van der Waals surface area (Å²) in [7, 11) is 0. The number of aromatic nitrogens is 2. The molecule has 2 aromatic heterocycles. The minimum absolute atomic E-state index is 0.0584. The van der Waals surface area contributed by atoms with Gasteiger partial charge >= 0.3 is 0 Å². The molecule has 0 bridgehead atoms. The molecule has 1 fully saturated rings. The van der Waals surface area contributed by atoms with Crippen LogP contribution in [0.1, 0.15) is 41.4 Å². The van der Waals surface area contributed by atoms with Gasteiger partial charge in [0, 0.05) is 42.1 Å². The minimum Gasteiger partial charge on any atom is -0.490 e. The molecule has 0 radical (unpaired) electrons. The number of anilines is 2. The van der Waals surface area contributed by atoms with Crippen LogP contribution in [0.5, 0.6) is 5.75 Å². The van der Waals surface area contributed by atoms with E-state index in [1.54, 1.807) is 12.4 Å². The van der Waals surface area contributed by atoms with E-state index in [0.29, 0.717) is 30.5 Å². The Labute approximate surface area is 188 Å². The number of carbonyl (C=O) groups is 1. The van der Waals surface area contributed by atoms with E-state index in [2.05, 4.69) is 45.0 Å². The van der Waals surface area contributed by atoms with E-state index in [1.807, 2.05) is 18.2 Å². The van der Waals surface area contributed by atoms with Gasteiger partial charge < -0.3 is 25.7 Å². The maximum absolute atomic E-state index is 12.9. The van der Waals surface area contributed by atoms with E-state index in [1.165, 1.54) is 12.0 Å². The van der Waals surface area contributed by atoms with Crippen molar-refractivity contribution in [1.82, 2.24) is 20.6 Å². The Morgan fingerprint density at radius 3 is 2.97 bits per heavy atom. The van der Waals surface area contributed by atoms with Gasteiger partial charge in [-0.2, -0.15) is 0 Å². The number of fused-ring (bicyclic) bond motifs is 1. The van der Waals surface area contributed by atoms with Crippen LogP contribution in [0.15, 0.2) is 42.7 Å². The fourth-order valence-electron chi connectivity index (χ4n) is 4.58. The van der Waals surface area contributed by atoms with Gasteiger partial charge in [0.05, 0.1) is 23.1 Å². The normalized spacial score (nSPS) is 17.7. The van der Waals surface area contributed by atoms with Crippen LogP contribution in [0, 0.1) is 0 Å². The summed E-state index contributed by atoms with van der Waals surface area (Å²) in [5, 5.41) is 10.0. The molecule has 2 aliphatic rings. The zero-order chi connectivity index (χ0) is 21.9. The van der Waals surface area contributed by atoms with Crippen molar-refractivity contribution in [2.45, 2.75) is 38.6 Å². The molecule has 1 saturated heterocycles. The van der Waals surface area contributed by atoms with Crippen molar-refractivity contribution in [3.8, 4) is 17.0 Å². The fourth-order valence-corrected chi connectivity index (χ4v) is 4.58. The highest BCUT2D eigenvalue weighted by Crippen LogP contribution is 2.40. The second kappa shape index (κ2) is 9.04. The lowest BCUT2D eigenvalue weighted by Gasteiger charge is -2.17. The summed E-state index contributed by atoms with van der Waals surface area (Å²) in [5.41, 5.74) is 6.36. The second-order valence-electron chi connectivity index (χ2n) is 8.35. The molecule has 4 heterocycles. The molecule has 1 amide bonds. The number of para-hydroxylation sites is 1. The molecule has 1 aromatic carbocycles. The van der Waals surface area contributed by atoms with Crippen LogP contribution in [0.3, 0.4) is 0 Å².